The van der Waals surface area contributed by atoms with Crippen molar-refractivity contribution in [1.82, 2.24) is 10.2 Å². The Morgan fingerprint density at radius 2 is 1.76 bits per heavy atom. The van der Waals surface area contributed by atoms with Gasteiger partial charge in [-0.2, -0.15) is 0 Å². The lowest BCUT2D eigenvalue weighted by Crippen LogP contribution is -2.51. The van der Waals surface area contributed by atoms with Gasteiger partial charge in [-0.05, 0) is 31.5 Å². The van der Waals surface area contributed by atoms with Crippen molar-refractivity contribution in [2.45, 2.75) is 19.3 Å². The SMILES string of the molecule is COc1ccc(C(C)(C)C(=O)N2CCNCC2)cc1OC. The highest BCUT2D eigenvalue weighted by atomic mass is 16.5. The molecule has 0 atom stereocenters. The molecule has 1 aromatic rings. The molecule has 1 aliphatic rings. The van der Waals surface area contributed by atoms with Crippen molar-refractivity contribution in [2.75, 3.05) is 40.4 Å². The van der Waals surface area contributed by atoms with Crippen LogP contribution in [-0.2, 0) is 10.2 Å². The highest BCUT2D eigenvalue weighted by Gasteiger charge is 2.34. The van der Waals surface area contributed by atoms with Crippen molar-refractivity contribution < 1.29 is 14.3 Å². The van der Waals surface area contributed by atoms with Gasteiger partial charge in [0.2, 0.25) is 5.91 Å². The second-order valence-electron chi connectivity index (χ2n) is 5.74. The van der Waals surface area contributed by atoms with Gasteiger partial charge >= 0.3 is 0 Å². The van der Waals surface area contributed by atoms with Crippen LogP contribution in [0.1, 0.15) is 19.4 Å². The van der Waals surface area contributed by atoms with Gasteiger partial charge in [-0.25, -0.2) is 0 Å². The third-order valence-electron chi connectivity index (χ3n) is 4.04. The Kier molecular flexibility index (Phi) is 4.73. The predicted molar refractivity (Wildman–Crippen MR) is 82.0 cm³/mol. The second kappa shape index (κ2) is 6.35. The van der Waals surface area contributed by atoms with Gasteiger partial charge in [-0.1, -0.05) is 6.07 Å². The molecule has 0 aromatic heterocycles. The number of hydrogen-bond donors (Lipinski definition) is 1. The van der Waals surface area contributed by atoms with E-state index in [1.807, 2.05) is 36.9 Å². The van der Waals surface area contributed by atoms with E-state index in [1.54, 1.807) is 14.2 Å². The van der Waals surface area contributed by atoms with Crippen LogP contribution < -0.4 is 14.8 Å². The van der Waals surface area contributed by atoms with Gasteiger partial charge in [-0.15, -0.1) is 0 Å². The van der Waals surface area contributed by atoms with Gasteiger partial charge in [0.1, 0.15) is 0 Å². The molecule has 116 valence electrons. The highest BCUT2D eigenvalue weighted by Crippen LogP contribution is 2.34. The Labute approximate surface area is 126 Å². The van der Waals surface area contributed by atoms with Gasteiger partial charge in [0.05, 0.1) is 19.6 Å². The van der Waals surface area contributed by atoms with E-state index in [0.717, 1.165) is 31.7 Å². The van der Waals surface area contributed by atoms with Crippen molar-refractivity contribution in [2.24, 2.45) is 0 Å². The second-order valence-corrected chi connectivity index (χ2v) is 5.74. The molecule has 0 bridgehead atoms. The van der Waals surface area contributed by atoms with Crippen molar-refractivity contribution >= 4 is 5.91 Å². The minimum Gasteiger partial charge on any atom is -0.493 e. The zero-order chi connectivity index (χ0) is 15.5. The molecular formula is C16H24N2O3. The number of nitrogens with zero attached hydrogens (tertiary/aromatic N) is 1. The summed E-state index contributed by atoms with van der Waals surface area (Å²) >= 11 is 0. The first-order chi connectivity index (χ1) is 10.0. The first-order valence-corrected chi connectivity index (χ1v) is 7.23. The van der Waals surface area contributed by atoms with Gasteiger partial charge in [-0.3, -0.25) is 4.79 Å². The zero-order valence-corrected chi connectivity index (χ0v) is 13.2. The lowest BCUT2D eigenvalue weighted by molar-refractivity contribution is -0.136. The average molecular weight is 292 g/mol. The molecule has 1 heterocycles. The quantitative estimate of drug-likeness (QED) is 0.912. The number of methoxy groups -OCH3 is 2. The number of rotatable bonds is 4. The number of carbonyl (C=O) groups is 1. The first-order valence-electron chi connectivity index (χ1n) is 7.23. The van der Waals surface area contributed by atoms with Crippen LogP contribution in [0.25, 0.3) is 0 Å². The summed E-state index contributed by atoms with van der Waals surface area (Å²) < 4.78 is 10.6. The lowest BCUT2D eigenvalue weighted by atomic mass is 9.82. The minimum atomic E-state index is -0.586. The summed E-state index contributed by atoms with van der Waals surface area (Å²) in [5.74, 6) is 1.47. The number of carbonyl (C=O) groups excluding carboxylic acids is 1. The fraction of sp³-hybridized carbons (Fsp3) is 0.562. The van der Waals surface area contributed by atoms with E-state index in [9.17, 15) is 4.79 Å². The molecule has 1 aliphatic heterocycles. The number of piperazine rings is 1. The molecule has 0 spiro atoms. The van der Waals surface area contributed by atoms with E-state index < -0.39 is 5.41 Å². The van der Waals surface area contributed by atoms with E-state index >= 15 is 0 Å². The number of hydrogen-bond acceptors (Lipinski definition) is 4. The van der Waals surface area contributed by atoms with Crippen molar-refractivity contribution in [3.8, 4) is 11.5 Å². The zero-order valence-electron chi connectivity index (χ0n) is 13.2. The maximum absolute atomic E-state index is 12.8. The van der Waals surface area contributed by atoms with Gasteiger partial charge in [0, 0.05) is 26.2 Å². The third kappa shape index (κ3) is 3.13. The molecule has 1 aromatic carbocycles. The minimum absolute atomic E-state index is 0.149. The monoisotopic (exact) mass is 292 g/mol. The summed E-state index contributed by atoms with van der Waals surface area (Å²) in [6.07, 6.45) is 0. The smallest absolute Gasteiger partial charge is 0.232 e. The first kappa shape index (κ1) is 15.6. The molecule has 21 heavy (non-hydrogen) atoms. The fourth-order valence-electron chi connectivity index (χ4n) is 2.61. The summed E-state index contributed by atoms with van der Waals surface area (Å²) in [4.78, 5) is 14.7. The molecule has 1 fully saturated rings. The lowest BCUT2D eigenvalue weighted by Gasteiger charge is -2.35. The summed E-state index contributed by atoms with van der Waals surface area (Å²) in [5.41, 5.74) is 0.348. The molecule has 5 nitrogen and oxygen atoms in total. The Morgan fingerprint density at radius 1 is 1.14 bits per heavy atom. The summed E-state index contributed by atoms with van der Waals surface area (Å²) in [5, 5.41) is 3.26. The summed E-state index contributed by atoms with van der Waals surface area (Å²) in [6, 6.07) is 5.67. The van der Waals surface area contributed by atoms with Crippen LogP contribution in [0, 0.1) is 0 Å². The van der Waals surface area contributed by atoms with E-state index in [0.29, 0.717) is 11.5 Å². The Balaban J connectivity index is 2.27. The topological polar surface area (TPSA) is 50.8 Å². The van der Waals surface area contributed by atoms with Crippen molar-refractivity contribution in [3.05, 3.63) is 23.8 Å². The number of nitrogens with one attached hydrogen (secondary N) is 1. The molecule has 0 saturated carbocycles. The maximum atomic E-state index is 12.8. The van der Waals surface area contributed by atoms with Crippen LogP contribution in [0.5, 0.6) is 11.5 Å². The van der Waals surface area contributed by atoms with Crippen LogP contribution in [0.4, 0.5) is 0 Å². The van der Waals surface area contributed by atoms with E-state index in [4.69, 9.17) is 9.47 Å². The summed E-state index contributed by atoms with van der Waals surface area (Å²) in [7, 11) is 3.21. The van der Waals surface area contributed by atoms with E-state index in [2.05, 4.69) is 5.32 Å². The molecular weight excluding hydrogens is 268 g/mol. The highest BCUT2D eigenvalue weighted by molar-refractivity contribution is 5.87. The fourth-order valence-corrected chi connectivity index (χ4v) is 2.61. The molecule has 1 amide bonds. The Bertz CT molecular complexity index is 508. The van der Waals surface area contributed by atoms with Crippen LogP contribution in [0.15, 0.2) is 18.2 Å². The largest absolute Gasteiger partial charge is 0.493 e. The summed E-state index contributed by atoms with van der Waals surface area (Å²) in [6.45, 7) is 7.14. The van der Waals surface area contributed by atoms with Gasteiger partial charge in [0.15, 0.2) is 11.5 Å². The molecule has 2 rings (SSSR count). The van der Waals surface area contributed by atoms with Crippen LogP contribution >= 0.6 is 0 Å². The van der Waals surface area contributed by atoms with Gasteiger partial charge in [0.25, 0.3) is 0 Å². The van der Waals surface area contributed by atoms with Crippen LogP contribution in [-0.4, -0.2) is 51.2 Å². The molecule has 1 saturated heterocycles. The maximum Gasteiger partial charge on any atom is 0.232 e. The third-order valence-corrected chi connectivity index (χ3v) is 4.04. The molecule has 0 aliphatic carbocycles. The molecule has 0 unspecified atom stereocenters. The normalized spacial score (nSPS) is 15.7. The Morgan fingerprint density at radius 3 is 2.33 bits per heavy atom. The average Bonchev–Trinajstić information content (AvgIpc) is 2.54. The predicted octanol–water partition coefficient (Wildman–Crippen LogP) is 1.41. The molecule has 5 heteroatoms. The molecule has 0 radical (unpaired) electrons. The molecule has 1 N–H and O–H groups in total. The standard InChI is InChI=1S/C16H24N2O3/c1-16(2,15(19)18-9-7-17-8-10-18)12-5-6-13(20-3)14(11-12)21-4/h5-6,11,17H,7-10H2,1-4H3. The van der Waals surface area contributed by atoms with Gasteiger partial charge < -0.3 is 19.7 Å². The van der Waals surface area contributed by atoms with Crippen LogP contribution in [0.2, 0.25) is 0 Å². The van der Waals surface area contributed by atoms with Crippen molar-refractivity contribution in [1.29, 1.82) is 0 Å². The van der Waals surface area contributed by atoms with E-state index in [1.165, 1.54) is 0 Å². The number of ether oxygens (including phenoxy) is 2. The number of benzene rings is 1. The number of amides is 1. The van der Waals surface area contributed by atoms with E-state index in [-0.39, 0.29) is 5.91 Å². The Hall–Kier alpha value is -1.75. The van der Waals surface area contributed by atoms with Crippen LogP contribution in [0.3, 0.4) is 0 Å². The van der Waals surface area contributed by atoms with Crippen molar-refractivity contribution in [3.63, 3.8) is 0 Å².